The van der Waals surface area contributed by atoms with E-state index in [1.165, 1.54) is 12.1 Å². The van der Waals surface area contributed by atoms with Gasteiger partial charge in [0.15, 0.2) is 0 Å². The van der Waals surface area contributed by atoms with Gasteiger partial charge in [0, 0.05) is 31.4 Å². The van der Waals surface area contributed by atoms with Gasteiger partial charge in [0.05, 0.1) is 5.52 Å². The number of halogens is 1. The highest BCUT2D eigenvalue weighted by Gasteiger charge is 2.15. The minimum absolute atomic E-state index is 0.377. The molecule has 4 rings (SSSR count). The van der Waals surface area contributed by atoms with Gasteiger partial charge < -0.3 is 15.4 Å². The molecule has 208 valence electrons. The Hall–Kier alpha value is -3.72. The van der Waals surface area contributed by atoms with E-state index in [0.29, 0.717) is 24.7 Å². The standard InChI is InChI=1S/C31H37FN4O2Si2/c1-39(2,3)18-16-29-28-15-12-24(20-30(28)36(35-29)22-38-17-19-40(4,5)6)23-10-13-26(14-11-23)33-31(37)34-27-9-7-8-25(32)21-27/h7-15,20-21H,17,19,22H2,1-6H3,(H2,33,34,37). The van der Waals surface area contributed by atoms with Gasteiger partial charge in [-0.3, -0.25) is 0 Å². The predicted octanol–water partition coefficient (Wildman–Crippen LogP) is 8.03. The SMILES string of the molecule is C[Si](C)(C)C#Cc1nn(COCC[Si](C)(C)C)c2cc(-c3ccc(NC(=O)Nc4cccc(F)c4)cc3)ccc12. The van der Waals surface area contributed by atoms with Crippen molar-refractivity contribution in [3.63, 3.8) is 0 Å². The molecule has 0 radical (unpaired) electrons. The van der Waals surface area contributed by atoms with Gasteiger partial charge in [-0.05, 0) is 59.6 Å². The van der Waals surface area contributed by atoms with Crippen molar-refractivity contribution in [2.45, 2.75) is 52.1 Å². The van der Waals surface area contributed by atoms with Crippen LogP contribution in [0.25, 0.3) is 22.0 Å². The smallest absolute Gasteiger partial charge is 0.323 e. The van der Waals surface area contributed by atoms with Gasteiger partial charge in [-0.1, -0.05) is 69.5 Å². The topological polar surface area (TPSA) is 68.2 Å². The zero-order valence-corrected chi connectivity index (χ0v) is 26.1. The molecule has 0 unspecified atom stereocenters. The number of urea groups is 1. The molecular formula is C31H37FN4O2Si2. The Kier molecular flexibility index (Phi) is 8.93. The average Bonchev–Trinajstić information content (AvgIpc) is 3.22. The highest BCUT2D eigenvalue weighted by molar-refractivity contribution is 6.83. The van der Waals surface area contributed by atoms with E-state index in [1.54, 1.807) is 12.1 Å². The Morgan fingerprint density at radius 1 is 0.925 bits per heavy atom. The van der Waals surface area contributed by atoms with Crippen LogP contribution in [0.2, 0.25) is 45.3 Å². The maximum absolute atomic E-state index is 13.4. The molecule has 0 aliphatic carbocycles. The van der Waals surface area contributed by atoms with Crippen molar-refractivity contribution in [2.75, 3.05) is 17.2 Å². The van der Waals surface area contributed by atoms with E-state index < -0.39 is 28.0 Å². The van der Waals surface area contributed by atoms with E-state index in [9.17, 15) is 9.18 Å². The lowest BCUT2D eigenvalue weighted by molar-refractivity contribution is 0.0816. The molecule has 40 heavy (non-hydrogen) atoms. The first-order valence-electron chi connectivity index (χ1n) is 13.4. The lowest BCUT2D eigenvalue weighted by Gasteiger charge is -2.15. The molecule has 0 atom stereocenters. The van der Waals surface area contributed by atoms with Crippen molar-refractivity contribution >= 4 is 44.5 Å². The number of aromatic nitrogens is 2. The minimum Gasteiger partial charge on any atom is -0.360 e. The van der Waals surface area contributed by atoms with E-state index in [0.717, 1.165) is 33.8 Å². The maximum Gasteiger partial charge on any atom is 0.323 e. The summed E-state index contributed by atoms with van der Waals surface area (Å²) in [5.41, 5.74) is 8.23. The van der Waals surface area contributed by atoms with Crippen LogP contribution in [0.5, 0.6) is 0 Å². The van der Waals surface area contributed by atoms with Crippen LogP contribution in [0.3, 0.4) is 0 Å². The van der Waals surface area contributed by atoms with Crippen molar-refractivity contribution in [1.82, 2.24) is 9.78 Å². The first-order chi connectivity index (χ1) is 18.9. The number of ether oxygens (including phenoxy) is 1. The van der Waals surface area contributed by atoms with Crippen molar-refractivity contribution in [2.24, 2.45) is 0 Å². The van der Waals surface area contributed by atoms with Crippen LogP contribution in [-0.4, -0.2) is 38.6 Å². The van der Waals surface area contributed by atoms with Crippen LogP contribution in [0.1, 0.15) is 5.69 Å². The molecule has 9 heteroatoms. The van der Waals surface area contributed by atoms with Gasteiger partial charge in [-0.2, -0.15) is 5.10 Å². The van der Waals surface area contributed by atoms with Crippen LogP contribution in [0, 0.1) is 17.3 Å². The molecule has 0 aliphatic heterocycles. The van der Waals surface area contributed by atoms with Crippen LogP contribution in [-0.2, 0) is 11.5 Å². The van der Waals surface area contributed by atoms with Crippen LogP contribution < -0.4 is 10.6 Å². The molecule has 2 N–H and O–H groups in total. The van der Waals surface area contributed by atoms with Gasteiger partial charge in [0.2, 0.25) is 0 Å². The summed E-state index contributed by atoms with van der Waals surface area (Å²) >= 11 is 0. The van der Waals surface area contributed by atoms with Gasteiger partial charge >= 0.3 is 6.03 Å². The van der Waals surface area contributed by atoms with E-state index in [4.69, 9.17) is 9.84 Å². The summed E-state index contributed by atoms with van der Waals surface area (Å²) in [6.07, 6.45) is 0. The molecule has 0 fully saturated rings. The third kappa shape index (κ3) is 8.39. The molecule has 3 aromatic carbocycles. The van der Waals surface area contributed by atoms with E-state index in [1.807, 2.05) is 28.9 Å². The number of hydrogen-bond donors (Lipinski definition) is 2. The third-order valence-electron chi connectivity index (χ3n) is 6.08. The average molecular weight is 573 g/mol. The maximum atomic E-state index is 13.4. The fourth-order valence-corrected chi connectivity index (χ4v) is 5.18. The molecule has 0 aliphatic rings. The normalized spacial score (nSPS) is 11.7. The Morgan fingerprint density at radius 2 is 1.62 bits per heavy atom. The Labute approximate surface area is 238 Å². The summed E-state index contributed by atoms with van der Waals surface area (Å²) in [5, 5.41) is 11.3. The number of nitrogens with zero attached hydrogens (tertiary/aromatic N) is 2. The summed E-state index contributed by atoms with van der Waals surface area (Å²) in [7, 11) is -2.75. The van der Waals surface area contributed by atoms with Crippen molar-refractivity contribution in [3.8, 4) is 22.6 Å². The quantitative estimate of drug-likeness (QED) is 0.128. The number of amides is 2. The second-order valence-electron chi connectivity index (χ2n) is 12.1. The fraction of sp³-hybridized carbons (Fsp3) is 0.290. The zero-order chi connectivity index (χ0) is 28.9. The van der Waals surface area contributed by atoms with Crippen LogP contribution in [0.4, 0.5) is 20.6 Å². The van der Waals surface area contributed by atoms with Gasteiger partial charge in [-0.15, -0.1) is 5.54 Å². The lowest BCUT2D eigenvalue weighted by atomic mass is 10.0. The van der Waals surface area contributed by atoms with Gasteiger partial charge in [0.25, 0.3) is 0 Å². The number of anilines is 2. The second-order valence-corrected chi connectivity index (χ2v) is 22.5. The third-order valence-corrected chi connectivity index (χ3v) is 8.66. The van der Waals surface area contributed by atoms with Crippen molar-refractivity contribution in [1.29, 1.82) is 0 Å². The fourth-order valence-electron chi connectivity index (χ4n) is 3.93. The van der Waals surface area contributed by atoms with Gasteiger partial charge in [-0.25, -0.2) is 13.9 Å². The van der Waals surface area contributed by atoms with Crippen molar-refractivity contribution in [3.05, 3.63) is 78.2 Å². The molecule has 1 heterocycles. The zero-order valence-electron chi connectivity index (χ0n) is 24.1. The molecule has 1 aromatic heterocycles. The van der Waals surface area contributed by atoms with Crippen LogP contribution in [0.15, 0.2) is 66.7 Å². The number of hydrogen-bond acceptors (Lipinski definition) is 3. The molecule has 0 saturated carbocycles. The summed E-state index contributed by atoms with van der Waals surface area (Å²) < 4.78 is 21.3. The molecule has 0 bridgehead atoms. The number of rotatable bonds is 8. The second kappa shape index (κ2) is 12.2. The number of carbonyl (C=O) groups is 1. The predicted molar refractivity (Wildman–Crippen MR) is 169 cm³/mol. The first-order valence-corrected chi connectivity index (χ1v) is 20.6. The largest absolute Gasteiger partial charge is 0.360 e. The summed E-state index contributed by atoms with van der Waals surface area (Å²) in [4.78, 5) is 12.3. The highest BCUT2D eigenvalue weighted by Crippen LogP contribution is 2.28. The Bertz CT molecular complexity index is 1560. The Balaban J connectivity index is 1.54. The number of carbonyl (C=O) groups excluding carboxylic acids is 1. The monoisotopic (exact) mass is 572 g/mol. The molecule has 6 nitrogen and oxygen atoms in total. The summed E-state index contributed by atoms with van der Waals surface area (Å²) in [6, 6.07) is 20.3. The summed E-state index contributed by atoms with van der Waals surface area (Å²) in [6.45, 7) is 14.8. The van der Waals surface area contributed by atoms with E-state index >= 15 is 0 Å². The van der Waals surface area contributed by atoms with Crippen LogP contribution >= 0.6 is 0 Å². The number of benzene rings is 3. The minimum atomic E-state index is -1.56. The lowest BCUT2D eigenvalue weighted by Crippen LogP contribution is -2.22. The van der Waals surface area contributed by atoms with E-state index in [2.05, 4.69) is 79.6 Å². The first kappa shape index (κ1) is 29.3. The Morgan fingerprint density at radius 3 is 2.30 bits per heavy atom. The molecule has 0 saturated heterocycles. The molecule has 0 spiro atoms. The number of fused-ring (bicyclic) bond motifs is 1. The van der Waals surface area contributed by atoms with E-state index in [-0.39, 0.29) is 0 Å². The molecule has 2 amide bonds. The summed E-state index contributed by atoms with van der Waals surface area (Å²) in [5.74, 6) is 2.92. The van der Waals surface area contributed by atoms with Crippen molar-refractivity contribution < 1.29 is 13.9 Å². The van der Waals surface area contributed by atoms with Gasteiger partial charge in [0.1, 0.15) is 26.3 Å². The highest BCUT2D eigenvalue weighted by atomic mass is 28.3. The molecular weight excluding hydrogens is 536 g/mol. The molecule has 4 aromatic rings. The number of nitrogens with one attached hydrogen (secondary N) is 2.